The number of esters is 2. The van der Waals surface area contributed by atoms with Crippen molar-refractivity contribution in [3.63, 3.8) is 0 Å². The van der Waals surface area contributed by atoms with Crippen LogP contribution in [0.3, 0.4) is 0 Å². The molecule has 2 aromatic rings. The first-order chi connectivity index (χ1) is 10.6. The Hall–Kier alpha value is -2.76. The first kappa shape index (κ1) is 15.6. The quantitative estimate of drug-likeness (QED) is 0.828. The van der Waals surface area contributed by atoms with E-state index in [1.165, 1.54) is 0 Å². The molecule has 22 heavy (non-hydrogen) atoms. The van der Waals surface area contributed by atoms with Crippen molar-refractivity contribution < 1.29 is 19.1 Å². The minimum atomic E-state index is -0.467. The first-order valence-electron chi connectivity index (χ1n) is 7.00. The molecule has 116 valence electrons. The molecule has 0 atom stereocenters. The van der Waals surface area contributed by atoms with Crippen LogP contribution in [0.1, 0.15) is 34.6 Å². The van der Waals surface area contributed by atoms with E-state index in [-0.39, 0.29) is 18.4 Å². The third-order valence-electron chi connectivity index (χ3n) is 3.05. The summed E-state index contributed by atoms with van der Waals surface area (Å²) < 4.78 is 9.86. The molecule has 0 bridgehead atoms. The van der Waals surface area contributed by atoms with Gasteiger partial charge in [0.1, 0.15) is 11.4 Å². The molecule has 0 aliphatic rings. The van der Waals surface area contributed by atoms with Crippen LogP contribution in [-0.2, 0) is 9.47 Å². The van der Waals surface area contributed by atoms with Crippen LogP contribution in [0, 0.1) is 0 Å². The number of carbonyl (C=O) groups excluding carboxylic acids is 2. The minimum absolute atomic E-state index is 0.253. The molecule has 0 spiro atoms. The van der Waals surface area contributed by atoms with Crippen LogP contribution < -0.4 is 5.73 Å². The average molecular weight is 302 g/mol. The lowest BCUT2D eigenvalue weighted by Crippen LogP contribution is -2.05. The number of aromatic amines is 1. The number of anilines is 1. The van der Waals surface area contributed by atoms with Gasteiger partial charge in [-0.05, 0) is 37.6 Å². The molecule has 6 heteroatoms. The lowest BCUT2D eigenvalue weighted by molar-refractivity contribution is 0.0517. The third kappa shape index (κ3) is 3.28. The lowest BCUT2D eigenvalue weighted by atomic mass is 10.1. The predicted octanol–water partition coefficient (Wildman–Crippen LogP) is 2.62. The topological polar surface area (TPSA) is 94.4 Å². The summed E-state index contributed by atoms with van der Waals surface area (Å²) >= 11 is 0. The van der Waals surface area contributed by atoms with Gasteiger partial charge in [-0.3, -0.25) is 0 Å². The van der Waals surface area contributed by atoms with Crippen LogP contribution in [0.15, 0.2) is 30.3 Å². The summed E-state index contributed by atoms with van der Waals surface area (Å²) in [4.78, 5) is 26.3. The van der Waals surface area contributed by atoms with Gasteiger partial charge in [0.2, 0.25) is 0 Å². The molecule has 0 saturated heterocycles. The van der Waals surface area contributed by atoms with Crippen molar-refractivity contribution in [1.82, 2.24) is 4.98 Å². The Balaban J connectivity index is 2.24. The van der Waals surface area contributed by atoms with Crippen molar-refractivity contribution in [2.45, 2.75) is 13.8 Å². The van der Waals surface area contributed by atoms with E-state index in [9.17, 15) is 9.59 Å². The molecule has 0 saturated carbocycles. The number of H-pyrrole nitrogens is 1. The molecule has 1 aromatic carbocycles. The van der Waals surface area contributed by atoms with Crippen molar-refractivity contribution >= 4 is 17.8 Å². The van der Waals surface area contributed by atoms with Crippen molar-refractivity contribution in [1.29, 1.82) is 0 Å². The van der Waals surface area contributed by atoms with Crippen molar-refractivity contribution in [3.8, 4) is 11.3 Å². The van der Waals surface area contributed by atoms with E-state index in [1.807, 2.05) is 0 Å². The highest BCUT2D eigenvalue weighted by atomic mass is 16.5. The zero-order valence-electron chi connectivity index (χ0n) is 12.5. The zero-order chi connectivity index (χ0) is 16.1. The van der Waals surface area contributed by atoms with Crippen molar-refractivity contribution in [2.75, 3.05) is 18.9 Å². The Labute approximate surface area is 128 Å². The van der Waals surface area contributed by atoms with Crippen LogP contribution in [0.4, 0.5) is 5.82 Å². The number of nitrogens with two attached hydrogens (primary N) is 1. The number of hydrogen-bond acceptors (Lipinski definition) is 5. The van der Waals surface area contributed by atoms with Gasteiger partial charge in [0.05, 0.1) is 18.8 Å². The van der Waals surface area contributed by atoms with Gasteiger partial charge in [-0.1, -0.05) is 12.1 Å². The Kier molecular flexibility index (Phi) is 4.83. The number of rotatable bonds is 5. The molecule has 0 unspecified atom stereocenters. The van der Waals surface area contributed by atoms with Crippen LogP contribution >= 0.6 is 0 Å². The Morgan fingerprint density at radius 1 is 1.05 bits per heavy atom. The highest BCUT2D eigenvalue weighted by Crippen LogP contribution is 2.24. The summed E-state index contributed by atoms with van der Waals surface area (Å²) in [5, 5.41) is 0. The lowest BCUT2D eigenvalue weighted by Gasteiger charge is -2.03. The SMILES string of the molecule is CCOC(=O)c1ccc(-c2cc(C(=O)OCC)c(N)[nH]2)cc1. The Morgan fingerprint density at radius 2 is 1.64 bits per heavy atom. The van der Waals surface area contributed by atoms with Gasteiger partial charge in [-0.25, -0.2) is 9.59 Å². The summed E-state index contributed by atoms with van der Waals surface area (Å²) in [6.45, 7) is 4.10. The molecule has 0 radical (unpaired) electrons. The summed E-state index contributed by atoms with van der Waals surface area (Å²) in [7, 11) is 0. The van der Waals surface area contributed by atoms with Gasteiger partial charge in [0, 0.05) is 5.69 Å². The molecule has 6 nitrogen and oxygen atoms in total. The van der Waals surface area contributed by atoms with Gasteiger partial charge < -0.3 is 20.2 Å². The second kappa shape index (κ2) is 6.80. The van der Waals surface area contributed by atoms with Crippen LogP contribution in [0.5, 0.6) is 0 Å². The fourth-order valence-corrected chi connectivity index (χ4v) is 2.00. The zero-order valence-corrected chi connectivity index (χ0v) is 12.5. The number of benzene rings is 1. The number of ether oxygens (including phenoxy) is 2. The molecule has 1 aromatic heterocycles. The van der Waals surface area contributed by atoms with Gasteiger partial charge in [-0.15, -0.1) is 0 Å². The van der Waals surface area contributed by atoms with Crippen molar-refractivity contribution in [3.05, 3.63) is 41.5 Å². The highest BCUT2D eigenvalue weighted by molar-refractivity contribution is 5.96. The maximum Gasteiger partial charge on any atom is 0.341 e. The number of hydrogen-bond donors (Lipinski definition) is 2. The van der Waals surface area contributed by atoms with E-state index in [4.69, 9.17) is 15.2 Å². The normalized spacial score (nSPS) is 10.3. The van der Waals surface area contributed by atoms with Gasteiger partial charge >= 0.3 is 11.9 Å². The second-order valence-corrected chi connectivity index (χ2v) is 4.53. The van der Waals surface area contributed by atoms with Gasteiger partial charge in [-0.2, -0.15) is 0 Å². The van der Waals surface area contributed by atoms with E-state index >= 15 is 0 Å². The molecular weight excluding hydrogens is 284 g/mol. The van der Waals surface area contributed by atoms with Gasteiger partial charge in [0.25, 0.3) is 0 Å². The van der Waals surface area contributed by atoms with Gasteiger partial charge in [0.15, 0.2) is 0 Å². The summed E-state index contributed by atoms with van der Waals surface area (Å²) in [5.41, 5.74) is 8.04. The smallest absolute Gasteiger partial charge is 0.341 e. The van der Waals surface area contributed by atoms with Crippen LogP contribution in [0.2, 0.25) is 0 Å². The molecule has 0 amide bonds. The maximum atomic E-state index is 11.7. The largest absolute Gasteiger partial charge is 0.462 e. The molecule has 0 aliphatic carbocycles. The Bertz CT molecular complexity index is 674. The number of nitrogens with one attached hydrogen (secondary N) is 1. The molecule has 3 N–H and O–H groups in total. The monoisotopic (exact) mass is 302 g/mol. The maximum absolute atomic E-state index is 11.7. The third-order valence-corrected chi connectivity index (χ3v) is 3.05. The van der Waals surface area contributed by atoms with E-state index < -0.39 is 5.97 Å². The molecular formula is C16H18N2O4. The van der Waals surface area contributed by atoms with E-state index in [1.54, 1.807) is 44.2 Å². The van der Waals surface area contributed by atoms with Crippen molar-refractivity contribution in [2.24, 2.45) is 0 Å². The predicted molar refractivity (Wildman–Crippen MR) is 82.6 cm³/mol. The summed E-state index contributed by atoms with van der Waals surface area (Å²) in [6.07, 6.45) is 0. The average Bonchev–Trinajstić information content (AvgIpc) is 2.90. The summed E-state index contributed by atoms with van der Waals surface area (Å²) in [6, 6.07) is 8.47. The van der Waals surface area contributed by atoms with E-state index in [0.717, 1.165) is 5.56 Å². The van der Waals surface area contributed by atoms with Crippen LogP contribution in [-0.4, -0.2) is 30.1 Å². The number of nitrogen functional groups attached to an aromatic ring is 1. The molecule has 0 fully saturated rings. The summed E-state index contributed by atoms with van der Waals surface area (Å²) in [5.74, 6) is -0.583. The Morgan fingerprint density at radius 3 is 2.23 bits per heavy atom. The molecule has 0 aliphatic heterocycles. The fourth-order valence-electron chi connectivity index (χ4n) is 2.00. The highest BCUT2D eigenvalue weighted by Gasteiger charge is 2.15. The molecule has 1 heterocycles. The minimum Gasteiger partial charge on any atom is -0.462 e. The van der Waals surface area contributed by atoms with E-state index in [0.29, 0.717) is 23.4 Å². The number of aromatic nitrogens is 1. The van der Waals surface area contributed by atoms with E-state index in [2.05, 4.69) is 4.98 Å². The number of carbonyl (C=O) groups is 2. The standard InChI is InChI=1S/C16H18N2O4/c1-3-21-15(19)11-7-5-10(6-8-11)13-9-12(14(17)18-13)16(20)22-4-2/h5-9,18H,3-4,17H2,1-2H3. The van der Waals surface area contributed by atoms with Crippen LogP contribution in [0.25, 0.3) is 11.3 Å². The second-order valence-electron chi connectivity index (χ2n) is 4.53. The fraction of sp³-hybridized carbons (Fsp3) is 0.250. The first-order valence-corrected chi connectivity index (χ1v) is 7.00. The molecule has 2 rings (SSSR count).